The first kappa shape index (κ1) is 23.2. The molecule has 0 spiro atoms. The van der Waals surface area contributed by atoms with Crippen LogP contribution in [0.1, 0.15) is 48.3 Å². The van der Waals surface area contributed by atoms with Crippen molar-refractivity contribution >= 4 is 15.7 Å². The molecule has 3 aromatic rings. The van der Waals surface area contributed by atoms with Crippen molar-refractivity contribution in [2.75, 3.05) is 25.4 Å². The van der Waals surface area contributed by atoms with Crippen molar-refractivity contribution in [2.45, 2.75) is 37.1 Å². The molecule has 2 aromatic carbocycles. The van der Waals surface area contributed by atoms with Crippen LogP contribution in [0.5, 0.6) is 0 Å². The van der Waals surface area contributed by atoms with Gasteiger partial charge in [0.05, 0.1) is 16.7 Å². The van der Waals surface area contributed by atoms with Gasteiger partial charge in [0, 0.05) is 18.2 Å². The minimum Gasteiger partial charge on any atom is -0.355 e. The van der Waals surface area contributed by atoms with Crippen LogP contribution in [-0.4, -0.2) is 49.8 Å². The van der Waals surface area contributed by atoms with Crippen LogP contribution < -0.4 is 5.32 Å². The lowest BCUT2D eigenvalue weighted by Gasteiger charge is -2.35. The summed E-state index contributed by atoms with van der Waals surface area (Å²) >= 11 is 0. The molecular formula is C25H29N3O4S. The lowest BCUT2D eigenvalue weighted by atomic mass is 10.0. The van der Waals surface area contributed by atoms with E-state index in [1.165, 1.54) is 24.8 Å². The second-order valence-corrected chi connectivity index (χ2v) is 10.5. The van der Waals surface area contributed by atoms with Gasteiger partial charge in [0.2, 0.25) is 0 Å². The Morgan fingerprint density at radius 2 is 1.76 bits per heavy atom. The molecule has 1 aromatic heterocycles. The molecule has 0 saturated carbocycles. The average Bonchev–Trinajstić information content (AvgIpc) is 3.36. The molecule has 1 saturated heterocycles. The van der Waals surface area contributed by atoms with Crippen LogP contribution in [0.15, 0.2) is 70.1 Å². The zero-order chi connectivity index (χ0) is 23.3. The fraction of sp³-hybridized carbons (Fsp3) is 0.360. The molecule has 1 amide bonds. The number of hydrogen-bond donors (Lipinski definition) is 1. The average molecular weight is 468 g/mol. The number of rotatable bonds is 8. The summed E-state index contributed by atoms with van der Waals surface area (Å²) in [5.41, 5.74) is 2.04. The molecule has 174 valence electrons. The lowest BCUT2D eigenvalue weighted by Crippen LogP contribution is -2.40. The van der Waals surface area contributed by atoms with Gasteiger partial charge < -0.3 is 9.84 Å². The van der Waals surface area contributed by atoms with Gasteiger partial charge in [0.15, 0.2) is 21.3 Å². The summed E-state index contributed by atoms with van der Waals surface area (Å²) < 4.78 is 29.3. The molecule has 0 aliphatic carbocycles. The lowest BCUT2D eigenvalue weighted by molar-refractivity contribution is 0.0915. The Labute approximate surface area is 194 Å². The standard InChI is InChI=1S/C25H29N3O4S/c1-2-33(30,31)21-13-11-20(12-14-21)24-17-22(27-32-24)25(29)26-18-23(19-9-5-3-6-10-19)28-15-7-4-8-16-28/h3,5-6,9-14,17,23H,2,4,7-8,15-16,18H2,1H3,(H,26,29). The van der Waals surface area contributed by atoms with Crippen molar-refractivity contribution in [3.63, 3.8) is 0 Å². The maximum atomic E-state index is 12.8. The molecule has 4 rings (SSSR count). The monoisotopic (exact) mass is 467 g/mol. The summed E-state index contributed by atoms with van der Waals surface area (Å²) in [4.78, 5) is 15.5. The number of carbonyl (C=O) groups excluding carboxylic acids is 1. The fourth-order valence-electron chi connectivity index (χ4n) is 4.15. The van der Waals surface area contributed by atoms with Gasteiger partial charge in [-0.15, -0.1) is 0 Å². The Morgan fingerprint density at radius 1 is 1.06 bits per heavy atom. The summed E-state index contributed by atoms with van der Waals surface area (Å²) in [5.74, 6) is 0.157. The summed E-state index contributed by atoms with van der Waals surface area (Å²) in [5, 5.41) is 6.94. The third-order valence-electron chi connectivity index (χ3n) is 6.09. The predicted molar refractivity (Wildman–Crippen MR) is 127 cm³/mol. The summed E-state index contributed by atoms with van der Waals surface area (Å²) in [6.07, 6.45) is 3.59. The summed E-state index contributed by atoms with van der Waals surface area (Å²) in [6, 6.07) is 18.3. The molecule has 1 atom stereocenters. The van der Waals surface area contributed by atoms with Gasteiger partial charge >= 0.3 is 0 Å². The Balaban J connectivity index is 1.44. The molecular weight excluding hydrogens is 438 g/mol. The number of benzene rings is 2. The first-order valence-electron chi connectivity index (χ1n) is 11.3. The molecule has 1 unspecified atom stereocenters. The molecule has 2 heterocycles. The highest BCUT2D eigenvalue weighted by Crippen LogP contribution is 2.25. The van der Waals surface area contributed by atoms with E-state index >= 15 is 0 Å². The third kappa shape index (κ3) is 5.51. The van der Waals surface area contributed by atoms with E-state index < -0.39 is 9.84 Å². The quantitative estimate of drug-likeness (QED) is 0.536. The predicted octanol–water partition coefficient (Wildman–Crippen LogP) is 4.09. The molecule has 7 nitrogen and oxygen atoms in total. The van der Waals surface area contributed by atoms with Crippen molar-refractivity contribution in [1.82, 2.24) is 15.4 Å². The van der Waals surface area contributed by atoms with Crippen LogP contribution in [0.2, 0.25) is 0 Å². The second kappa shape index (κ2) is 10.3. The number of nitrogens with zero attached hydrogens (tertiary/aromatic N) is 2. The van der Waals surface area contributed by atoms with Crippen molar-refractivity contribution in [3.8, 4) is 11.3 Å². The van der Waals surface area contributed by atoms with Crippen LogP contribution in [0.25, 0.3) is 11.3 Å². The van der Waals surface area contributed by atoms with Gasteiger partial charge in [-0.1, -0.05) is 48.8 Å². The highest BCUT2D eigenvalue weighted by Gasteiger charge is 2.24. The van der Waals surface area contributed by atoms with Gasteiger partial charge in [-0.2, -0.15) is 0 Å². The number of hydrogen-bond acceptors (Lipinski definition) is 6. The maximum absolute atomic E-state index is 12.8. The highest BCUT2D eigenvalue weighted by molar-refractivity contribution is 7.91. The van der Waals surface area contributed by atoms with E-state index in [1.54, 1.807) is 37.3 Å². The topological polar surface area (TPSA) is 92.5 Å². The summed E-state index contributed by atoms with van der Waals surface area (Å²) in [6.45, 7) is 4.13. The SMILES string of the molecule is CCS(=O)(=O)c1ccc(-c2cc(C(=O)NCC(c3ccccc3)N3CCCCC3)no2)cc1. The molecule has 1 aliphatic heterocycles. The van der Waals surface area contributed by atoms with E-state index in [0.29, 0.717) is 17.9 Å². The number of amides is 1. The molecule has 0 radical (unpaired) electrons. The maximum Gasteiger partial charge on any atom is 0.273 e. The zero-order valence-electron chi connectivity index (χ0n) is 18.7. The summed E-state index contributed by atoms with van der Waals surface area (Å²) in [7, 11) is -3.27. The van der Waals surface area contributed by atoms with Crippen molar-refractivity contribution in [3.05, 3.63) is 71.9 Å². The van der Waals surface area contributed by atoms with Crippen LogP contribution >= 0.6 is 0 Å². The van der Waals surface area contributed by atoms with Gasteiger partial charge in [-0.25, -0.2) is 8.42 Å². The van der Waals surface area contributed by atoms with Crippen LogP contribution in [0, 0.1) is 0 Å². The Bertz CT molecular complexity index is 1170. The molecule has 1 aliphatic rings. The van der Waals surface area contributed by atoms with Crippen molar-refractivity contribution < 1.29 is 17.7 Å². The normalized spacial score (nSPS) is 15.8. The molecule has 8 heteroatoms. The minimum absolute atomic E-state index is 0.0420. The van der Waals surface area contributed by atoms with E-state index in [9.17, 15) is 13.2 Å². The Hall–Kier alpha value is -2.97. The Morgan fingerprint density at radius 3 is 2.42 bits per heavy atom. The first-order valence-corrected chi connectivity index (χ1v) is 13.0. The minimum atomic E-state index is -3.27. The first-order chi connectivity index (χ1) is 16.0. The van der Waals surface area contributed by atoms with Gasteiger partial charge in [-0.3, -0.25) is 9.69 Å². The zero-order valence-corrected chi connectivity index (χ0v) is 19.6. The van der Waals surface area contributed by atoms with Crippen LogP contribution in [0.4, 0.5) is 0 Å². The van der Waals surface area contributed by atoms with E-state index in [0.717, 1.165) is 13.1 Å². The van der Waals surface area contributed by atoms with E-state index in [2.05, 4.69) is 27.5 Å². The van der Waals surface area contributed by atoms with Gasteiger partial charge in [-0.05, 0) is 55.8 Å². The number of sulfone groups is 1. The van der Waals surface area contributed by atoms with E-state index in [4.69, 9.17) is 4.52 Å². The van der Waals surface area contributed by atoms with E-state index in [1.807, 2.05) is 18.2 Å². The highest BCUT2D eigenvalue weighted by atomic mass is 32.2. The largest absolute Gasteiger partial charge is 0.355 e. The molecule has 1 fully saturated rings. The second-order valence-electron chi connectivity index (χ2n) is 8.24. The third-order valence-corrected chi connectivity index (χ3v) is 7.84. The van der Waals surface area contributed by atoms with Crippen molar-refractivity contribution in [2.24, 2.45) is 0 Å². The van der Waals surface area contributed by atoms with Gasteiger partial charge in [0.1, 0.15) is 0 Å². The number of aromatic nitrogens is 1. The fourth-order valence-corrected chi connectivity index (χ4v) is 5.04. The Kier molecular flexibility index (Phi) is 7.25. The number of piperidine rings is 1. The number of carbonyl (C=O) groups is 1. The molecule has 1 N–H and O–H groups in total. The molecule has 33 heavy (non-hydrogen) atoms. The molecule has 0 bridgehead atoms. The van der Waals surface area contributed by atoms with Gasteiger partial charge in [0.25, 0.3) is 5.91 Å². The number of likely N-dealkylation sites (tertiary alicyclic amines) is 1. The van der Waals surface area contributed by atoms with E-state index in [-0.39, 0.29) is 28.3 Å². The number of nitrogens with one attached hydrogen (secondary N) is 1. The van der Waals surface area contributed by atoms with Crippen molar-refractivity contribution in [1.29, 1.82) is 0 Å². The smallest absolute Gasteiger partial charge is 0.273 e. The van der Waals surface area contributed by atoms with Crippen LogP contribution in [0.3, 0.4) is 0 Å². The van der Waals surface area contributed by atoms with Crippen LogP contribution in [-0.2, 0) is 9.84 Å².